The zero-order valence-corrected chi connectivity index (χ0v) is 9.04. The lowest BCUT2D eigenvalue weighted by atomic mass is 10.0. The fraction of sp³-hybridized carbons (Fsp3) is 0.909. The predicted octanol–water partition coefficient (Wildman–Crippen LogP) is 1.41. The highest BCUT2D eigenvalue weighted by Crippen LogP contribution is 2.14. The topological polar surface area (TPSA) is 40.5 Å². The molecular formula is C11H21NO2. The van der Waals surface area contributed by atoms with Crippen LogP contribution >= 0.6 is 0 Å². The van der Waals surface area contributed by atoms with E-state index < -0.39 is 0 Å². The molecule has 0 unspecified atom stereocenters. The lowest BCUT2D eigenvalue weighted by molar-refractivity contribution is -0.133. The van der Waals surface area contributed by atoms with Crippen molar-refractivity contribution in [3.63, 3.8) is 0 Å². The van der Waals surface area contributed by atoms with E-state index in [1.807, 2.05) is 11.8 Å². The minimum Gasteiger partial charge on any atom is -0.396 e. The van der Waals surface area contributed by atoms with Gasteiger partial charge in [0.05, 0.1) is 0 Å². The molecule has 0 saturated carbocycles. The first kappa shape index (κ1) is 11.5. The van der Waals surface area contributed by atoms with Gasteiger partial charge in [-0.25, -0.2) is 0 Å². The molecule has 1 amide bonds. The average molecular weight is 199 g/mol. The van der Waals surface area contributed by atoms with E-state index >= 15 is 0 Å². The third kappa shape index (κ3) is 3.66. The molecule has 1 aliphatic rings. The van der Waals surface area contributed by atoms with Crippen molar-refractivity contribution in [1.82, 2.24) is 4.90 Å². The van der Waals surface area contributed by atoms with E-state index in [4.69, 9.17) is 5.11 Å². The summed E-state index contributed by atoms with van der Waals surface area (Å²) in [4.78, 5) is 13.7. The maximum atomic E-state index is 11.7. The Hall–Kier alpha value is -0.570. The molecule has 0 aromatic carbocycles. The summed E-state index contributed by atoms with van der Waals surface area (Å²) in [5, 5.41) is 8.73. The van der Waals surface area contributed by atoms with Gasteiger partial charge in [0.15, 0.2) is 0 Å². The molecule has 0 aliphatic carbocycles. The van der Waals surface area contributed by atoms with Crippen LogP contribution in [0.25, 0.3) is 0 Å². The maximum Gasteiger partial charge on any atom is 0.222 e. The van der Waals surface area contributed by atoms with Crippen molar-refractivity contribution in [2.75, 3.05) is 19.7 Å². The van der Waals surface area contributed by atoms with Gasteiger partial charge in [-0.2, -0.15) is 0 Å². The van der Waals surface area contributed by atoms with E-state index in [2.05, 4.69) is 0 Å². The van der Waals surface area contributed by atoms with Gasteiger partial charge >= 0.3 is 0 Å². The van der Waals surface area contributed by atoms with Crippen LogP contribution < -0.4 is 0 Å². The Bertz CT molecular complexity index is 176. The predicted molar refractivity (Wildman–Crippen MR) is 55.9 cm³/mol. The highest BCUT2D eigenvalue weighted by molar-refractivity contribution is 5.76. The number of nitrogens with zero attached hydrogens (tertiary/aromatic N) is 1. The molecule has 0 aromatic rings. The lowest BCUT2D eigenvalue weighted by Crippen LogP contribution is -2.36. The Balaban J connectivity index is 2.25. The number of aliphatic hydroxyl groups excluding tert-OH is 1. The number of carbonyl (C=O) groups is 1. The zero-order valence-electron chi connectivity index (χ0n) is 9.04. The maximum absolute atomic E-state index is 11.7. The molecule has 14 heavy (non-hydrogen) atoms. The van der Waals surface area contributed by atoms with Crippen molar-refractivity contribution in [3.8, 4) is 0 Å². The normalized spacial score (nSPS) is 19.4. The summed E-state index contributed by atoms with van der Waals surface area (Å²) in [7, 11) is 0. The van der Waals surface area contributed by atoms with Crippen LogP contribution in [-0.4, -0.2) is 35.6 Å². The SMILES string of the molecule is C[C@H](CCO)CC(=O)N1CCCCC1. The highest BCUT2D eigenvalue weighted by atomic mass is 16.3. The molecule has 1 N–H and O–H groups in total. The van der Waals surface area contributed by atoms with Crippen LogP contribution in [0.15, 0.2) is 0 Å². The van der Waals surface area contributed by atoms with Crippen LogP contribution in [-0.2, 0) is 4.79 Å². The largest absolute Gasteiger partial charge is 0.396 e. The molecule has 0 spiro atoms. The molecule has 1 saturated heterocycles. The zero-order chi connectivity index (χ0) is 10.4. The van der Waals surface area contributed by atoms with Gasteiger partial charge in [0.2, 0.25) is 5.91 Å². The smallest absolute Gasteiger partial charge is 0.222 e. The second-order valence-corrected chi connectivity index (χ2v) is 4.26. The number of aliphatic hydroxyl groups is 1. The van der Waals surface area contributed by atoms with Crippen LogP contribution in [0.1, 0.15) is 39.0 Å². The third-order valence-corrected chi connectivity index (χ3v) is 2.85. The number of likely N-dealkylation sites (tertiary alicyclic amines) is 1. The van der Waals surface area contributed by atoms with Crippen molar-refractivity contribution in [3.05, 3.63) is 0 Å². The minimum atomic E-state index is 0.189. The summed E-state index contributed by atoms with van der Waals surface area (Å²) in [6.45, 7) is 4.09. The van der Waals surface area contributed by atoms with Crippen LogP contribution in [0.3, 0.4) is 0 Å². The fourth-order valence-electron chi connectivity index (χ4n) is 1.89. The van der Waals surface area contributed by atoms with Gasteiger partial charge in [0.25, 0.3) is 0 Å². The quantitative estimate of drug-likeness (QED) is 0.743. The molecule has 82 valence electrons. The van der Waals surface area contributed by atoms with Crippen molar-refractivity contribution in [2.24, 2.45) is 5.92 Å². The second-order valence-electron chi connectivity index (χ2n) is 4.26. The highest BCUT2D eigenvalue weighted by Gasteiger charge is 2.18. The first-order chi connectivity index (χ1) is 6.74. The Kier molecular flexibility index (Phi) is 4.94. The first-order valence-electron chi connectivity index (χ1n) is 5.62. The van der Waals surface area contributed by atoms with E-state index in [9.17, 15) is 4.79 Å². The summed E-state index contributed by atoms with van der Waals surface area (Å²) < 4.78 is 0. The van der Waals surface area contributed by atoms with E-state index in [-0.39, 0.29) is 12.5 Å². The Labute approximate surface area is 86.1 Å². The van der Waals surface area contributed by atoms with Crippen molar-refractivity contribution in [2.45, 2.75) is 39.0 Å². The van der Waals surface area contributed by atoms with Crippen molar-refractivity contribution >= 4 is 5.91 Å². The van der Waals surface area contributed by atoms with E-state index in [1.54, 1.807) is 0 Å². The van der Waals surface area contributed by atoms with Gasteiger partial charge < -0.3 is 10.0 Å². The first-order valence-corrected chi connectivity index (χ1v) is 5.62. The summed E-state index contributed by atoms with van der Waals surface area (Å²) in [5.41, 5.74) is 0. The molecule has 1 rings (SSSR count). The number of piperidine rings is 1. The third-order valence-electron chi connectivity index (χ3n) is 2.85. The molecule has 1 fully saturated rings. The van der Waals surface area contributed by atoms with Crippen LogP contribution in [0.2, 0.25) is 0 Å². The number of carbonyl (C=O) groups excluding carboxylic acids is 1. The molecule has 3 heteroatoms. The van der Waals surface area contributed by atoms with Crippen LogP contribution in [0.5, 0.6) is 0 Å². The van der Waals surface area contributed by atoms with Crippen molar-refractivity contribution in [1.29, 1.82) is 0 Å². The van der Waals surface area contributed by atoms with Gasteiger partial charge in [0.1, 0.15) is 0 Å². The summed E-state index contributed by atoms with van der Waals surface area (Å²) >= 11 is 0. The summed E-state index contributed by atoms with van der Waals surface area (Å²) in [6, 6.07) is 0. The minimum absolute atomic E-state index is 0.189. The number of amides is 1. The monoisotopic (exact) mass is 199 g/mol. The molecule has 3 nitrogen and oxygen atoms in total. The molecular weight excluding hydrogens is 178 g/mol. The number of rotatable bonds is 4. The average Bonchev–Trinajstić information content (AvgIpc) is 2.19. The molecule has 0 radical (unpaired) electrons. The Morgan fingerprint density at radius 2 is 2.00 bits per heavy atom. The van der Waals surface area contributed by atoms with Crippen LogP contribution in [0, 0.1) is 5.92 Å². The van der Waals surface area contributed by atoms with Crippen LogP contribution in [0.4, 0.5) is 0 Å². The van der Waals surface area contributed by atoms with E-state index in [0.29, 0.717) is 12.3 Å². The molecule has 0 bridgehead atoms. The number of hydrogen-bond donors (Lipinski definition) is 1. The van der Waals surface area contributed by atoms with Gasteiger partial charge in [-0.1, -0.05) is 6.92 Å². The van der Waals surface area contributed by atoms with Gasteiger partial charge in [-0.3, -0.25) is 4.79 Å². The Morgan fingerprint density at radius 3 is 2.57 bits per heavy atom. The van der Waals surface area contributed by atoms with Gasteiger partial charge in [-0.15, -0.1) is 0 Å². The lowest BCUT2D eigenvalue weighted by Gasteiger charge is -2.27. The molecule has 1 aliphatic heterocycles. The summed E-state index contributed by atoms with van der Waals surface area (Å²) in [6.07, 6.45) is 4.90. The molecule has 1 atom stereocenters. The van der Waals surface area contributed by atoms with Crippen molar-refractivity contribution < 1.29 is 9.90 Å². The van der Waals surface area contributed by atoms with Gasteiger partial charge in [-0.05, 0) is 31.6 Å². The second kappa shape index (κ2) is 6.02. The fourth-order valence-corrected chi connectivity index (χ4v) is 1.89. The van der Waals surface area contributed by atoms with Gasteiger partial charge in [0, 0.05) is 26.1 Å². The summed E-state index contributed by atoms with van der Waals surface area (Å²) in [5.74, 6) is 0.583. The molecule has 1 heterocycles. The number of hydrogen-bond acceptors (Lipinski definition) is 2. The van der Waals surface area contributed by atoms with E-state index in [0.717, 1.165) is 32.4 Å². The van der Waals surface area contributed by atoms with E-state index in [1.165, 1.54) is 6.42 Å². The Morgan fingerprint density at radius 1 is 1.36 bits per heavy atom. The molecule has 0 aromatic heterocycles. The standard InChI is InChI=1S/C11H21NO2/c1-10(5-8-13)9-11(14)12-6-3-2-4-7-12/h10,13H,2-9H2,1H3/t10-/m1/s1.